The van der Waals surface area contributed by atoms with Gasteiger partial charge < -0.3 is 24.2 Å². The lowest BCUT2D eigenvalue weighted by Crippen LogP contribution is -2.30. The summed E-state index contributed by atoms with van der Waals surface area (Å²) in [4.78, 5) is 48.8. The topological polar surface area (TPSA) is 155 Å². The van der Waals surface area contributed by atoms with Gasteiger partial charge in [-0.1, -0.05) is 295 Å². The minimum Gasteiger partial charge on any atom is -0.462 e. The molecular weight excluding hydrogens is 1000 g/mol. The van der Waals surface area contributed by atoms with Gasteiger partial charge >= 0.3 is 25.7 Å². The predicted octanol–water partition coefficient (Wildman–Crippen LogP) is 20.2. The Morgan fingerprint density at radius 1 is 0.359 bits per heavy atom. The summed E-state index contributed by atoms with van der Waals surface area (Å²) in [6, 6.07) is 0. The molecule has 0 spiro atoms. The Kier molecular flexibility index (Phi) is 59.4. The number of hydrogen-bond acceptors (Lipinski definition) is 10. The fourth-order valence-electron chi connectivity index (χ4n) is 9.80. The summed E-state index contributed by atoms with van der Waals surface area (Å²) in [6.45, 7) is 4.71. The molecule has 0 aliphatic carbocycles. The molecule has 460 valence electrons. The fourth-order valence-corrected chi connectivity index (χ4v) is 10.6. The zero-order valence-electron chi connectivity index (χ0n) is 51.2. The molecule has 0 aliphatic rings. The molecule has 0 radical (unpaired) electrons. The molecule has 2 N–H and O–H groups in total. The molecule has 0 aromatic heterocycles. The van der Waals surface area contributed by atoms with Gasteiger partial charge in [0.15, 0.2) is 6.10 Å². The van der Waals surface area contributed by atoms with E-state index in [2.05, 4.69) is 45.1 Å². The van der Waals surface area contributed by atoms with Crippen molar-refractivity contribution >= 4 is 25.7 Å². The van der Waals surface area contributed by atoms with E-state index in [-0.39, 0.29) is 25.9 Å². The quantitative estimate of drug-likeness (QED) is 0.0197. The Morgan fingerprint density at radius 2 is 0.628 bits per heavy atom. The van der Waals surface area contributed by atoms with E-state index in [1.165, 1.54) is 212 Å². The molecule has 0 aromatic rings. The molecular formula is C66H125O11P. The Labute approximate surface area is 480 Å². The number of ether oxygens (including phenoxy) is 3. The van der Waals surface area contributed by atoms with Crippen LogP contribution >= 0.6 is 7.82 Å². The zero-order chi connectivity index (χ0) is 56.9. The maximum atomic E-state index is 13.0. The first-order valence-corrected chi connectivity index (χ1v) is 34.7. The molecule has 3 atom stereocenters. The van der Waals surface area contributed by atoms with Gasteiger partial charge in [-0.2, -0.15) is 0 Å². The number of phosphoric ester groups is 1. The number of rotatable bonds is 63. The molecule has 0 heterocycles. The van der Waals surface area contributed by atoms with Crippen LogP contribution in [0.2, 0.25) is 0 Å². The second kappa shape index (κ2) is 61.0. The lowest BCUT2D eigenvalue weighted by atomic mass is 10.0. The number of carbonyl (C=O) groups excluding carboxylic acids is 3. The molecule has 12 heteroatoms. The van der Waals surface area contributed by atoms with Crippen molar-refractivity contribution in [3.63, 3.8) is 0 Å². The second-order valence-electron chi connectivity index (χ2n) is 22.7. The number of aliphatic hydroxyl groups excluding tert-OH is 1. The summed E-state index contributed by atoms with van der Waals surface area (Å²) in [7, 11) is -4.75. The highest BCUT2D eigenvalue weighted by molar-refractivity contribution is 7.47. The number of unbranched alkanes of at least 4 members (excludes halogenated alkanes) is 42. The highest BCUT2D eigenvalue weighted by Gasteiger charge is 2.28. The van der Waals surface area contributed by atoms with Crippen molar-refractivity contribution in [3.05, 3.63) is 24.3 Å². The lowest BCUT2D eigenvalue weighted by Gasteiger charge is -2.21. The van der Waals surface area contributed by atoms with E-state index in [9.17, 15) is 28.9 Å². The van der Waals surface area contributed by atoms with Crippen LogP contribution in [-0.2, 0) is 42.2 Å². The molecule has 0 saturated carbocycles. The number of carbonyl (C=O) groups is 3. The van der Waals surface area contributed by atoms with E-state index in [0.717, 1.165) is 70.6 Å². The number of aliphatic hydroxyl groups is 1. The maximum absolute atomic E-state index is 13.0. The van der Waals surface area contributed by atoms with Crippen LogP contribution in [0.4, 0.5) is 0 Å². The van der Waals surface area contributed by atoms with Crippen LogP contribution in [0.5, 0.6) is 0 Å². The minimum atomic E-state index is -4.75. The van der Waals surface area contributed by atoms with E-state index in [1.54, 1.807) is 0 Å². The molecule has 78 heavy (non-hydrogen) atoms. The molecule has 0 fully saturated rings. The van der Waals surface area contributed by atoms with E-state index < -0.39 is 57.8 Å². The van der Waals surface area contributed by atoms with Gasteiger partial charge in [-0.25, -0.2) is 4.57 Å². The molecule has 3 unspecified atom stereocenters. The van der Waals surface area contributed by atoms with Crippen molar-refractivity contribution in [2.75, 3.05) is 26.4 Å². The van der Waals surface area contributed by atoms with Gasteiger partial charge in [-0.3, -0.25) is 23.4 Å². The molecule has 0 amide bonds. The maximum Gasteiger partial charge on any atom is 0.472 e. The first-order chi connectivity index (χ1) is 38.2. The molecule has 0 rings (SSSR count). The van der Waals surface area contributed by atoms with Gasteiger partial charge in [-0.15, -0.1) is 0 Å². The molecule has 0 bridgehead atoms. The average molecular weight is 1130 g/mol. The van der Waals surface area contributed by atoms with Gasteiger partial charge in [0.25, 0.3) is 0 Å². The highest BCUT2D eigenvalue weighted by Crippen LogP contribution is 2.43. The van der Waals surface area contributed by atoms with Crippen molar-refractivity contribution < 1.29 is 52.2 Å². The number of esters is 3. The fraction of sp³-hybridized carbons (Fsp3) is 0.894. The van der Waals surface area contributed by atoms with Crippen molar-refractivity contribution in [2.24, 2.45) is 0 Å². The molecule has 0 aliphatic heterocycles. The Morgan fingerprint density at radius 3 is 0.974 bits per heavy atom. The molecule has 0 saturated heterocycles. The smallest absolute Gasteiger partial charge is 0.462 e. The van der Waals surface area contributed by atoms with Crippen molar-refractivity contribution in [2.45, 2.75) is 354 Å². The van der Waals surface area contributed by atoms with E-state index in [4.69, 9.17) is 23.3 Å². The Bertz CT molecular complexity index is 1400. The zero-order valence-corrected chi connectivity index (χ0v) is 52.1. The largest absolute Gasteiger partial charge is 0.472 e. The predicted molar refractivity (Wildman–Crippen MR) is 326 cm³/mol. The van der Waals surface area contributed by atoms with Gasteiger partial charge in [0, 0.05) is 19.3 Å². The third kappa shape index (κ3) is 58.6. The summed E-state index contributed by atoms with van der Waals surface area (Å²) in [5.74, 6) is -1.43. The van der Waals surface area contributed by atoms with Gasteiger partial charge in [0.2, 0.25) is 0 Å². The summed E-state index contributed by atoms with van der Waals surface area (Å²) in [5.41, 5.74) is 0. The third-order valence-corrected chi connectivity index (χ3v) is 15.8. The van der Waals surface area contributed by atoms with Crippen LogP contribution in [0.15, 0.2) is 24.3 Å². The first-order valence-electron chi connectivity index (χ1n) is 33.2. The van der Waals surface area contributed by atoms with Crippen LogP contribution in [-0.4, -0.2) is 66.5 Å². The Balaban J connectivity index is 4.63. The van der Waals surface area contributed by atoms with Crippen molar-refractivity contribution in [1.29, 1.82) is 0 Å². The molecule has 11 nitrogen and oxygen atoms in total. The highest BCUT2D eigenvalue weighted by atomic mass is 31.2. The first kappa shape index (κ1) is 76.0. The van der Waals surface area contributed by atoms with Gasteiger partial charge in [0.05, 0.1) is 19.8 Å². The normalized spacial score (nSPS) is 13.3. The summed E-state index contributed by atoms with van der Waals surface area (Å²) >= 11 is 0. The van der Waals surface area contributed by atoms with Gasteiger partial charge in [-0.05, 0) is 51.4 Å². The van der Waals surface area contributed by atoms with Crippen molar-refractivity contribution in [3.8, 4) is 0 Å². The van der Waals surface area contributed by atoms with Crippen LogP contribution in [0, 0.1) is 0 Å². The monoisotopic (exact) mass is 1120 g/mol. The van der Waals surface area contributed by atoms with Gasteiger partial charge in [0.1, 0.15) is 12.7 Å². The number of allylic oxidation sites excluding steroid dienone is 4. The van der Waals surface area contributed by atoms with Crippen LogP contribution in [0.25, 0.3) is 0 Å². The van der Waals surface area contributed by atoms with E-state index in [0.29, 0.717) is 19.3 Å². The summed E-state index contributed by atoms with van der Waals surface area (Å²) in [6.07, 6.45) is 64.1. The lowest BCUT2D eigenvalue weighted by molar-refractivity contribution is -0.161. The standard InChI is InChI=1S/C66H125O11P/c1-4-7-10-13-16-19-22-25-28-30-31-33-36-39-42-45-48-51-54-57-66(70)77-63(59-73-64(68)55-52-49-46-43-40-37-34-27-24-21-18-15-12-9-6-3)61-75-78(71,72)74-60-62(58-67)76-65(69)56-53-50-47-44-41-38-35-32-29-26-23-20-17-14-11-8-5-2/h16,19,25,28,62-63,67H,4-15,17-18,20-24,26-27,29-61H2,1-3H3,(H,71,72)/b19-16-,28-25-. The van der Waals surface area contributed by atoms with E-state index in [1.807, 2.05) is 0 Å². The SMILES string of the molecule is CCCCC/C=C\C/C=C\CCCCCCCCCCCC(=O)OC(COC(=O)CCCCCCCCCCCCCCCCC)COP(=O)(O)OCC(CO)OC(=O)CCCCCCCCCCCCCCCCCCC. The van der Waals surface area contributed by atoms with Crippen LogP contribution in [0.3, 0.4) is 0 Å². The summed E-state index contributed by atoms with van der Waals surface area (Å²) < 4.78 is 39.7. The second-order valence-corrected chi connectivity index (χ2v) is 24.1. The average Bonchev–Trinajstić information content (AvgIpc) is 3.43. The van der Waals surface area contributed by atoms with Crippen LogP contribution < -0.4 is 0 Å². The van der Waals surface area contributed by atoms with Crippen LogP contribution in [0.1, 0.15) is 342 Å². The summed E-state index contributed by atoms with van der Waals surface area (Å²) in [5, 5.41) is 9.86. The number of phosphoric acid groups is 1. The molecule has 0 aromatic carbocycles. The minimum absolute atomic E-state index is 0.169. The van der Waals surface area contributed by atoms with E-state index >= 15 is 0 Å². The number of hydrogen-bond donors (Lipinski definition) is 2. The van der Waals surface area contributed by atoms with Crippen molar-refractivity contribution in [1.82, 2.24) is 0 Å². The third-order valence-electron chi connectivity index (χ3n) is 14.9. The Hall–Kier alpha value is -2.04.